The number of aromatic nitrogens is 16. The van der Waals surface area contributed by atoms with Gasteiger partial charge in [0.05, 0.1) is 67.9 Å². The van der Waals surface area contributed by atoms with Crippen LogP contribution in [0.3, 0.4) is 0 Å². The molecule has 2 aliphatic heterocycles. The van der Waals surface area contributed by atoms with Gasteiger partial charge in [0.15, 0.2) is 50.6 Å². The van der Waals surface area contributed by atoms with Gasteiger partial charge < -0.3 is 19.1 Å². The highest BCUT2D eigenvalue weighted by Gasteiger charge is 2.37. The molecule has 1 atom stereocenters. The summed E-state index contributed by atoms with van der Waals surface area (Å²) in [6.07, 6.45) is 20.5. The summed E-state index contributed by atoms with van der Waals surface area (Å²) >= 11 is 5.96. The van der Waals surface area contributed by atoms with Crippen molar-refractivity contribution >= 4 is 74.4 Å². The summed E-state index contributed by atoms with van der Waals surface area (Å²) in [4.78, 5) is 44.5. The molecule has 2 aliphatic rings. The van der Waals surface area contributed by atoms with Crippen molar-refractivity contribution in [3.05, 3.63) is 219 Å². The molecule has 0 amide bonds. The molecule has 4 aromatic carbocycles. The number of nitrogens with zero attached hydrogens (tertiary/aromatic N) is 18. The zero-order valence-electron chi connectivity index (χ0n) is 50.6. The number of nitrogens with one attached hydrogen (secondary N) is 3. The first-order valence-electron chi connectivity index (χ1n) is 29.1. The summed E-state index contributed by atoms with van der Waals surface area (Å²) in [7, 11) is -15.6. The van der Waals surface area contributed by atoms with E-state index in [1.165, 1.54) is 122 Å². The number of hydrogen-bond acceptors (Lipinski definition) is 22. The van der Waals surface area contributed by atoms with Gasteiger partial charge in [-0.2, -0.15) is 43.7 Å². The van der Waals surface area contributed by atoms with Crippen LogP contribution in [0, 0.1) is 6.92 Å². The quantitative estimate of drug-likeness (QED) is 0.0644. The van der Waals surface area contributed by atoms with Crippen molar-refractivity contribution in [1.82, 2.24) is 72.4 Å². The summed E-state index contributed by atoms with van der Waals surface area (Å²) in [6.45, 7) is 3.25. The van der Waals surface area contributed by atoms with Crippen LogP contribution in [0.25, 0.3) is 29.1 Å². The van der Waals surface area contributed by atoms with Crippen molar-refractivity contribution in [2.75, 3.05) is 52.4 Å². The Hall–Kier alpha value is -11.3. The van der Waals surface area contributed by atoms with E-state index in [4.69, 9.17) is 25.8 Å². The molecule has 1 fully saturated rings. The Morgan fingerprint density at radius 1 is 0.577 bits per heavy atom. The SMILES string of the molecule is COc1ccccc1N1CCN(S(=O)(=O)c2cncn2-c2nccc[n+]2Cc2cc(C)cc(NS(=O)(=O)c3cncn3-c3c[n+](-c4cccc(NS(=O)(=O)c5cncn5-c5nccnc5C5Oc6ccc(NS(=O)(=O)c7cncn7-c7ccnc(Cl)n7)cc6O5)c4)ccn3)c2)CC1. The third-order valence-electron chi connectivity index (χ3n) is 15.3. The summed E-state index contributed by atoms with van der Waals surface area (Å²) in [5.74, 6) is 1.56. The Kier molecular flexibility index (Phi) is 16.6. The molecule has 1 saturated heterocycles. The second-order valence-electron chi connectivity index (χ2n) is 21.6. The fourth-order valence-corrected chi connectivity index (χ4v) is 16.0. The van der Waals surface area contributed by atoms with Crippen LogP contribution in [-0.2, 0) is 46.6 Å². The highest BCUT2D eigenvalue weighted by Crippen LogP contribution is 2.43. The van der Waals surface area contributed by atoms with Gasteiger partial charge in [-0.3, -0.25) is 27.9 Å². The van der Waals surface area contributed by atoms with E-state index in [1.807, 2.05) is 37.3 Å². The fourth-order valence-electron chi connectivity index (χ4n) is 11.0. The van der Waals surface area contributed by atoms with Gasteiger partial charge in [0.1, 0.15) is 36.7 Å². The van der Waals surface area contributed by atoms with Crippen molar-refractivity contribution in [2.45, 2.75) is 39.9 Å². The molecule has 32 nitrogen and oxygen atoms in total. The van der Waals surface area contributed by atoms with Gasteiger partial charge in [-0.05, 0) is 78.2 Å². The number of para-hydroxylation sites is 2. The number of fused-ring (bicyclic) bond motifs is 1. The number of ether oxygens (including phenoxy) is 3. The number of rotatable bonds is 21. The molecule has 37 heteroatoms. The van der Waals surface area contributed by atoms with E-state index in [2.05, 4.69) is 68.9 Å². The molecular weight excluding hydrogens is 1350 g/mol. The normalized spacial score (nSPS) is 14.3. The maximum absolute atomic E-state index is 14.4. The van der Waals surface area contributed by atoms with E-state index in [0.29, 0.717) is 35.7 Å². The Morgan fingerprint density at radius 3 is 1.98 bits per heavy atom. The van der Waals surface area contributed by atoms with Gasteiger partial charge in [0, 0.05) is 74.7 Å². The Labute approximate surface area is 558 Å². The third-order valence-corrected chi connectivity index (χ3v) is 21.4. The molecule has 10 heterocycles. The van der Waals surface area contributed by atoms with Crippen LogP contribution in [0.4, 0.5) is 22.7 Å². The fraction of sp³-hybridized carbons (Fsp3) is 0.133. The van der Waals surface area contributed by atoms with Gasteiger partial charge in [-0.1, -0.05) is 29.2 Å². The van der Waals surface area contributed by atoms with Crippen molar-refractivity contribution in [2.24, 2.45) is 0 Å². The Bertz CT molecular complexity index is 5500. The molecule has 0 saturated carbocycles. The summed E-state index contributed by atoms with van der Waals surface area (Å²) < 4.78 is 149. The molecule has 0 radical (unpaired) electrons. The van der Waals surface area contributed by atoms with E-state index in [9.17, 15) is 33.7 Å². The van der Waals surface area contributed by atoms with Crippen LogP contribution >= 0.6 is 11.6 Å². The molecule has 492 valence electrons. The monoisotopic (exact) mass is 1410 g/mol. The van der Waals surface area contributed by atoms with E-state index >= 15 is 0 Å². The van der Waals surface area contributed by atoms with Crippen molar-refractivity contribution in [3.63, 3.8) is 0 Å². The summed E-state index contributed by atoms with van der Waals surface area (Å²) in [6, 6.07) is 26.7. The Morgan fingerprint density at radius 2 is 1.24 bits per heavy atom. The van der Waals surface area contributed by atoms with Crippen LogP contribution in [0.5, 0.6) is 17.2 Å². The molecule has 1 unspecified atom stereocenters. The van der Waals surface area contributed by atoms with E-state index in [0.717, 1.165) is 18.1 Å². The van der Waals surface area contributed by atoms with Crippen LogP contribution in [0.2, 0.25) is 5.28 Å². The van der Waals surface area contributed by atoms with E-state index < -0.39 is 46.4 Å². The van der Waals surface area contributed by atoms with Gasteiger partial charge in [0.2, 0.25) is 28.0 Å². The van der Waals surface area contributed by atoms with Crippen LogP contribution in [0.1, 0.15) is 23.1 Å². The van der Waals surface area contributed by atoms with Crippen LogP contribution in [-0.4, -0.2) is 139 Å². The lowest BCUT2D eigenvalue weighted by Crippen LogP contribution is -2.49. The highest BCUT2D eigenvalue weighted by atomic mass is 35.5. The maximum Gasteiger partial charge on any atom is 0.405 e. The molecule has 8 aromatic heterocycles. The predicted octanol–water partition coefficient (Wildman–Crippen LogP) is 4.77. The predicted molar refractivity (Wildman–Crippen MR) is 345 cm³/mol. The Balaban J connectivity index is 0.647. The number of sulfonamides is 4. The second kappa shape index (κ2) is 25.4. The van der Waals surface area contributed by atoms with Crippen molar-refractivity contribution in [1.29, 1.82) is 0 Å². The average Bonchev–Trinajstić information content (AvgIpc) is 1.71. The van der Waals surface area contributed by atoms with E-state index in [-0.39, 0.29) is 103 Å². The number of benzene rings is 4. The molecule has 12 aromatic rings. The lowest BCUT2D eigenvalue weighted by molar-refractivity contribution is -0.685. The standard InChI is InChI=1S/C60H52ClN21O11S4/c1-40-25-41(34-77-19-6-14-70-60(77)82-39-65-33-55(82)97(89,90)78-23-21-75(22-24-78)46-9-3-4-10-47(46)91-2)27-44(26-40)74-95(85,86)53-31-63-37-80(53)51-35-76(20-18-66-51)45-8-5-7-42(28-45)72-96(87,88)54-32-64-38-81(54)57-56(67-16-17-68-57)58-92-48-12-11-43(29-49(48)93-58)73-94(83,84)52-30-62-36-79(52)50-13-15-69-59(61)71-50/h3-20,25-33,35-39,58,72-74H,21-24,34H2,1-2H3/q+2. The first kappa shape index (κ1) is 63.1. The number of imidazole rings is 4. The smallest absolute Gasteiger partial charge is 0.405 e. The second-order valence-corrected chi connectivity index (χ2v) is 28.7. The number of anilines is 4. The minimum Gasteiger partial charge on any atom is -0.495 e. The number of methoxy groups -OCH3 is 1. The molecule has 0 bridgehead atoms. The topological polar surface area (TPSA) is 363 Å². The van der Waals surface area contributed by atoms with Crippen LogP contribution in [0.15, 0.2) is 217 Å². The molecule has 0 spiro atoms. The number of hydrogen-bond donors (Lipinski definition) is 3. The molecule has 97 heavy (non-hydrogen) atoms. The number of halogens is 1. The van der Waals surface area contributed by atoms with E-state index in [1.54, 1.807) is 71.2 Å². The minimum atomic E-state index is -4.47. The van der Waals surface area contributed by atoms with Gasteiger partial charge >= 0.3 is 5.95 Å². The molecule has 0 aliphatic carbocycles. The highest BCUT2D eigenvalue weighted by molar-refractivity contribution is 7.93. The first-order chi connectivity index (χ1) is 46.8. The largest absolute Gasteiger partial charge is 0.495 e. The first-order valence-corrected chi connectivity index (χ1v) is 35.3. The lowest BCUT2D eigenvalue weighted by Gasteiger charge is -2.35. The zero-order valence-corrected chi connectivity index (χ0v) is 54.7. The molecular formula is C60H52ClN21O11S4+2. The molecule has 3 N–H and O–H groups in total. The summed E-state index contributed by atoms with van der Waals surface area (Å²) in [5.41, 5.74) is 3.17. The van der Waals surface area contributed by atoms with Crippen LogP contribution < -0.4 is 42.4 Å². The molecule has 14 rings (SSSR count). The number of aryl methyl sites for hydroxylation is 1. The maximum atomic E-state index is 14.4. The van der Waals surface area contributed by atoms with Gasteiger partial charge in [-0.15, -0.1) is 0 Å². The zero-order chi connectivity index (χ0) is 67.2. The third kappa shape index (κ3) is 12.7. The van der Waals surface area contributed by atoms with Gasteiger partial charge in [-0.25, -0.2) is 52.9 Å². The van der Waals surface area contributed by atoms with Gasteiger partial charge in [0.25, 0.3) is 46.4 Å². The average molecular weight is 1410 g/mol. The van der Waals surface area contributed by atoms with Crippen molar-refractivity contribution in [3.8, 4) is 46.3 Å². The number of piperazine rings is 1. The lowest BCUT2D eigenvalue weighted by atomic mass is 10.1. The van der Waals surface area contributed by atoms with Crippen molar-refractivity contribution < 1.29 is 57.0 Å². The summed E-state index contributed by atoms with van der Waals surface area (Å²) in [5, 5.41) is -1.02. The minimum absolute atomic E-state index is 0.0224.